The number of nitrogens with one attached hydrogen (secondary N) is 2. The molecule has 2 amide bonds. The molecule has 0 aliphatic carbocycles. The average molecular weight is 576 g/mol. The van der Waals surface area contributed by atoms with Gasteiger partial charge in [0.2, 0.25) is 0 Å². The zero-order chi connectivity index (χ0) is 29.4. The van der Waals surface area contributed by atoms with Crippen LogP contribution in [0.5, 0.6) is 0 Å². The molecule has 216 valence electrons. The lowest BCUT2D eigenvalue weighted by Crippen LogP contribution is -2.31. The smallest absolute Gasteiger partial charge is 0.394 e. The Balaban J connectivity index is 1.23. The number of nitrogens with zero attached hydrogens (tertiary/aromatic N) is 7. The average Bonchev–Trinajstić information content (AvgIpc) is 3.64. The van der Waals surface area contributed by atoms with Crippen LogP contribution in [0.1, 0.15) is 50.3 Å². The van der Waals surface area contributed by atoms with E-state index in [0.717, 1.165) is 28.6 Å². The van der Waals surface area contributed by atoms with Gasteiger partial charge in [0.05, 0.1) is 49.4 Å². The molecule has 1 aromatic carbocycles. The summed E-state index contributed by atoms with van der Waals surface area (Å²) >= 11 is 0. The molecule has 3 heterocycles. The molecule has 3 aromatic heterocycles. The Hall–Kier alpha value is -4.73. The number of carbonyl (C=O) groups is 2. The lowest BCUT2D eigenvalue weighted by atomic mass is 10.1. The minimum Gasteiger partial charge on any atom is -0.394 e. The Bertz CT molecular complexity index is 1460. The molecular weight excluding hydrogens is 550 g/mol. The zero-order valence-electron chi connectivity index (χ0n) is 21.4. The first-order valence-corrected chi connectivity index (χ1v) is 12.3. The molecule has 4 aromatic rings. The first kappa shape index (κ1) is 29.3. The Morgan fingerprint density at radius 3 is 2.37 bits per heavy atom. The standard InChI is InChI=1S/C25H25F4N9O3/c26-18(7-9-37-13-21(34-35-37)24(41)32-22(15-39)16-4-2-1-3-5-16)12-38-14-20(33-36-38)23(40)31-11-19-10-17(6-8-30-19)25(27,28)29/h1-6,8,10,13-14,18,22,39H,7,9,11-12,15H2,(H,31,40)(H,32,41)/t18?,22-/m0/s1. The lowest BCUT2D eigenvalue weighted by molar-refractivity contribution is -0.137. The molecule has 0 aliphatic rings. The molecule has 0 fully saturated rings. The number of aryl methyl sites for hydroxylation is 1. The van der Waals surface area contributed by atoms with Gasteiger partial charge in [-0.1, -0.05) is 40.8 Å². The van der Waals surface area contributed by atoms with E-state index in [1.807, 2.05) is 6.07 Å². The van der Waals surface area contributed by atoms with Gasteiger partial charge in [-0.05, 0) is 17.7 Å². The zero-order valence-corrected chi connectivity index (χ0v) is 21.4. The van der Waals surface area contributed by atoms with Crippen molar-refractivity contribution < 1.29 is 32.3 Å². The summed E-state index contributed by atoms with van der Waals surface area (Å²) in [6.45, 7) is -0.722. The molecule has 0 aliphatic heterocycles. The highest BCUT2D eigenvalue weighted by molar-refractivity contribution is 5.92. The second-order valence-corrected chi connectivity index (χ2v) is 8.91. The minimum atomic E-state index is -4.54. The van der Waals surface area contributed by atoms with Crippen LogP contribution in [0.25, 0.3) is 0 Å². The van der Waals surface area contributed by atoms with Crippen molar-refractivity contribution in [1.82, 2.24) is 45.6 Å². The maximum absolute atomic E-state index is 14.6. The van der Waals surface area contributed by atoms with Crippen molar-refractivity contribution in [1.29, 1.82) is 0 Å². The number of hydrogen-bond acceptors (Lipinski definition) is 8. The van der Waals surface area contributed by atoms with E-state index >= 15 is 0 Å². The van der Waals surface area contributed by atoms with E-state index in [9.17, 15) is 32.3 Å². The van der Waals surface area contributed by atoms with Gasteiger partial charge in [-0.3, -0.25) is 19.3 Å². The van der Waals surface area contributed by atoms with E-state index in [-0.39, 0.29) is 49.7 Å². The molecule has 16 heteroatoms. The fourth-order valence-electron chi connectivity index (χ4n) is 3.73. The number of aromatic nitrogens is 7. The Morgan fingerprint density at radius 1 is 0.976 bits per heavy atom. The van der Waals surface area contributed by atoms with Crippen LogP contribution < -0.4 is 10.6 Å². The third-order valence-corrected chi connectivity index (χ3v) is 5.86. The molecular formula is C25H25F4N9O3. The highest BCUT2D eigenvalue weighted by atomic mass is 19.4. The predicted octanol–water partition coefficient (Wildman–Crippen LogP) is 2.11. The van der Waals surface area contributed by atoms with Crippen LogP contribution in [0.4, 0.5) is 17.6 Å². The molecule has 0 spiro atoms. The van der Waals surface area contributed by atoms with Gasteiger partial charge < -0.3 is 15.7 Å². The third kappa shape index (κ3) is 8.14. The van der Waals surface area contributed by atoms with Crippen LogP contribution in [0.15, 0.2) is 61.1 Å². The van der Waals surface area contributed by atoms with Crippen molar-refractivity contribution in [2.24, 2.45) is 0 Å². The van der Waals surface area contributed by atoms with Crippen molar-refractivity contribution in [3.63, 3.8) is 0 Å². The second-order valence-electron chi connectivity index (χ2n) is 8.91. The van der Waals surface area contributed by atoms with Gasteiger partial charge in [-0.25, -0.2) is 9.07 Å². The summed E-state index contributed by atoms with van der Waals surface area (Å²) in [5.41, 5.74) is -0.310. The van der Waals surface area contributed by atoms with E-state index in [0.29, 0.717) is 0 Å². The van der Waals surface area contributed by atoms with Crippen LogP contribution in [0.3, 0.4) is 0 Å². The largest absolute Gasteiger partial charge is 0.416 e. The van der Waals surface area contributed by atoms with E-state index < -0.39 is 35.8 Å². The summed E-state index contributed by atoms with van der Waals surface area (Å²) in [5.74, 6) is -1.26. The van der Waals surface area contributed by atoms with Gasteiger partial charge in [0, 0.05) is 19.2 Å². The first-order chi connectivity index (χ1) is 19.6. The number of pyridine rings is 1. The molecule has 4 rings (SSSR count). The number of benzene rings is 1. The van der Waals surface area contributed by atoms with Gasteiger partial charge in [0.25, 0.3) is 11.8 Å². The molecule has 0 saturated heterocycles. The monoisotopic (exact) mass is 575 g/mol. The maximum Gasteiger partial charge on any atom is 0.416 e. The van der Waals surface area contributed by atoms with Gasteiger partial charge >= 0.3 is 6.18 Å². The van der Waals surface area contributed by atoms with Crippen molar-refractivity contribution in [3.8, 4) is 0 Å². The first-order valence-electron chi connectivity index (χ1n) is 12.3. The summed E-state index contributed by atoms with van der Waals surface area (Å²) in [6.07, 6.45) is -2.40. The highest BCUT2D eigenvalue weighted by Gasteiger charge is 2.30. The molecule has 0 radical (unpaired) electrons. The molecule has 3 N–H and O–H groups in total. The van der Waals surface area contributed by atoms with Crippen molar-refractivity contribution >= 4 is 11.8 Å². The third-order valence-electron chi connectivity index (χ3n) is 5.86. The van der Waals surface area contributed by atoms with Gasteiger partial charge in [0.1, 0.15) is 6.17 Å². The fraction of sp³-hybridized carbons (Fsp3) is 0.320. The quantitative estimate of drug-likeness (QED) is 0.217. The predicted molar refractivity (Wildman–Crippen MR) is 134 cm³/mol. The summed E-state index contributed by atoms with van der Waals surface area (Å²) in [6, 6.07) is 9.93. The summed E-state index contributed by atoms with van der Waals surface area (Å²) < 4.78 is 55.5. The number of halogens is 4. The van der Waals surface area contributed by atoms with Gasteiger partial charge in [-0.15, -0.1) is 10.2 Å². The van der Waals surface area contributed by atoms with Gasteiger partial charge in [-0.2, -0.15) is 13.2 Å². The van der Waals surface area contributed by atoms with Crippen molar-refractivity contribution in [3.05, 3.63) is 89.3 Å². The number of hydrogen-bond donors (Lipinski definition) is 3. The van der Waals surface area contributed by atoms with E-state index in [4.69, 9.17) is 0 Å². The van der Waals surface area contributed by atoms with E-state index in [1.165, 1.54) is 17.1 Å². The van der Waals surface area contributed by atoms with Gasteiger partial charge in [0.15, 0.2) is 11.4 Å². The maximum atomic E-state index is 14.6. The van der Waals surface area contributed by atoms with Crippen LogP contribution >= 0.6 is 0 Å². The number of amides is 2. The highest BCUT2D eigenvalue weighted by Crippen LogP contribution is 2.29. The summed E-state index contributed by atoms with van der Waals surface area (Å²) in [5, 5.41) is 29.7. The number of carbonyl (C=O) groups excluding carboxylic acids is 2. The van der Waals surface area contributed by atoms with Crippen LogP contribution in [-0.2, 0) is 25.8 Å². The Morgan fingerprint density at radius 2 is 1.66 bits per heavy atom. The molecule has 2 atom stereocenters. The number of rotatable bonds is 12. The molecule has 12 nitrogen and oxygen atoms in total. The molecule has 0 saturated carbocycles. The van der Waals surface area contributed by atoms with E-state index in [1.54, 1.807) is 24.3 Å². The SMILES string of the molecule is O=C(NCc1cc(C(F)(F)F)ccn1)c1cn(CC(F)CCn2cc(C(=O)N[C@@H](CO)c3ccccc3)nn2)nn1. The van der Waals surface area contributed by atoms with Crippen LogP contribution in [0, 0.1) is 0 Å². The summed E-state index contributed by atoms with van der Waals surface area (Å²) in [4.78, 5) is 28.6. The van der Waals surface area contributed by atoms with Crippen LogP contribution in [0.2, 0.25) is 0 Å². The van der Waals surface area contributed by atoms with E-state index in [2.05, 4.69) is 36.2 Å². The summed E-state index contributed by atoms with van der Waals surface area (Å²) in [7, 11) is 0. The number of alkyl halides is 4. The lowest BCUT2D eigenvalue weighted by Gasteiger charge is -2.15. The normalized spacial score (nSPS) is 13.0. The van der Waals surface area contributed by atoms with Crippen molar-refractivity contribution in [2.75, 3.05) is 6.61 Å². The Kier molecular flexibility index (Phi) is 9.34. The molecule has 41 heavy (non-hydrogen) atoms. The molecule has 1 unspecified atom stereocenters. The number of aliphatic hydroxyl groups excluding tert-OH is 1. The number of aliphatic hydroxyl groups is 1. The fourth-order valence-corrected chi connectivity index (χ4v) is 3.73. The van der Waals surface area contributed by atoms with Crippen molar-refractivity contribution in [2.45, 2.75) is 44.4 Å². The second kappa shape index (κ2) is 13.1. The Labute approximate surface area is 230 Å². The molecule has 0 bridgehead atoms. The minimum absolute atomic E-state index is 0.00190. The topological polar surface area (TPSA) is 153 Å². The van der Waals surface area contributed by atoms with Crippen LogP contribution in [-0.4, -0.2) is 64.7 Å².